The number of nitriles is 1. The van der Waals surface area contributed by atoms with Crippen molar-refractivity contribution in [3.8, 4) is 6.07 Å². The van der Waals surface area contributed by atoms with Crippen LogP contribution in [0.2, 0.25) is 0 Å². The summed E-state index contributed by atoms with van der Waals surface area (Å²) < 4.78 is 5.12. The number of rotatable bonds is 6. The average Bonchev–Trinajstić information content (AvgIpc) is 2.72. The first kappa shape index (κ1) is 23.4. The van der Waals surface area contributed by atoms with Crippen LogP contribution < -0.4 is 10.6 Å². The average molecular weight is 414 g/mol. The molecular weight excluding hydrogens is 382 g/mol. The summed E-state index contributed by atoms with van der Waals surface area (Å²) in [6.45, 7) is 7.36. The third-order valence-corrected chi connectivity index (χ3v) is 5.37. The van der Waals surface area contributed by atoms with Gasteiger partial charge < -0.3 is 15.4 Å². The molecule has 30 heavy (non-hydrogen) atoms. The van der Waals surface area contributed by atoms with Gasteiger partial charge in [0.05, 0.1) is 6.07 Å². The van der Waals surface area contributed by atoms with E-state index in [0.29, 0.717) is 18.4 Å². The number of nitrogens with zero attached hydrogens (tertiary/aromatic N) is 1. The third kappa shape index (κ3) is 6.31. The van der Waals surface area contributed by atoms with Crippen molar-refractivity contribution in [2.24, 2.45) is 0 Å². The highest BCUT2D eigenvalue weighted by atomic mass is 16.5. The van der Waals surface area contributed by atoms with E-state index in [4.69, 9.17) is 4.74 Å². The number of amides is 2. The predicted octanol–water partition coefficient (Wildman–Crippen LogP) is 2.99. The van der Waals surface area contributed by atoms with Crippen LogP contribution in [-0.2, 0) is 19.7 Å². The van der Waals surface area contributed by atoms with Crippen molar-refractivity contribution in [2.45, 2.75) is 76.9 Å². The van der Waals surface area contributed by atoms with Crippen LogP contribution >= 0.6 is 0 Å². The number of hydrogen-bond acceptors (Lipinski definition) is 5. The third-order valence-electron chi connectivity index (χ3n) is 5.37. The standard InChI is InChI=1S/C23H31N3O4/c1-16(20(28)26-23(15-24)12-6-5-7-13-23)30-19(27)14-25-21(29)17-8-10-18(11-9-17)22(2,3)4/h8-11,16H,5-7,12-14H2,1-4H3,(H,25,29)(H,26,28)/t16-/m0/s1. The van der Waals surface area contributed by atoms with E-state index in [-0.39, 0.29) is 12.0 Å². The van der Waals surface area contributed by atoms with Crippen LogP contribution in [0.25, 0.3) is 0 Å². The van der Waals surface area contributed by atoms with Crippen LogP contribution in [0.1, 0.15) is 75.7 Å². The molecule has 7 heteroatoms. The Labute approximate surface area is 178 Å². The Morgan fingerprint density at radius 1 is 1.13 bits per heavy atom. The molecular formula is C23H31N3O4. The molecule has 162 valence electrons. The molecule has 0 radical (unpaired) electrons. The molecule has 1 saturated carbocycles. The smallest absolute Gasteiger partial charge is 0.326 e. The molecule has 1 aliphatic carbocycles. The largest absolute Gasteiger partial charge is 0.451 e. The maximum Gasteiger partial charge on any atom is 0.326 e. The summed E-state index contributed by atoms with van der Waals surface area (Å²) in [5.41, 5.74) is 0.641. The second-order valence-electron chi connectivity index (χ2n) is 8.89. The Morgan fingerprint density at radius 3 is 2.27 bits per heavy atom. The van der Waals surface area contributed by atoms with Gasteiger partial charge in [-0.3, -0.25) is 14.4 Å². The Morgan fingerprint density at radius 2 is 1.73 bits per heavy atom. The molecule has 0 unspecified atom stereocenters. The maximum absolute atomic E-state index is 12.4. The second kappa shape index (κ2) is 9.75. The van der Waals surface area contributed by atoms with Gasteiger partial charge in [-0.2, -0.15) is 5.26 Å². The molecule has 1 atom stereocenters. The fourth-order valence-electron chi connectivity index (χ4n) is 3.43. The monoisotopic (exact) mass is 413 g/mol. The molecule has 2 N–H and O–H groups in total. The summed E-state index contributed by atoms with van der Waals surface area (Å²) in [6, 6.07) is 9.39. The van der Waals surface area contributed by atoms with Gasteiger partial charge in [-0.05, 0) is 42.9 Å². The highest BCUT2D eigenvalue weighted by molar-refractivity contribution is 5.96. The van der Waals surface area contributed by atoms with E-state index in [9.17, 15) is 19.6 Å². The minimum absolute atomic E-state index is 0.0166. The van der Waals surface area contributed by atoms with Crippen molar-refractivity contribution in [1.29, 1.82) is 5.26 Å². The SMILES string of the molecule is C[C@H](OC(=O)CNC(=O)c1ccc(C(C)(C)C)cc1)C(=O)NC1(C#N)CCCCC1. The lowest BCUT2D eigenvalue weighted by molar-refractivity contribution is -0.154. The second-order valence-corrected chi connectivity index (χ2v) is 8.89. The number of esters is 1. The number of carbonyl (C=O) groups is 3. The zero-order valence-electron chi connectivity index (χ0n) is 18.2. The van der Waals surface area contributed by atoms with Gasteiger partial charge in [0.1, 0.15) is 12.1 Å². The topological polar surface area (TPSA) is 108 Å². The van der Waals surface area contributed by atoms with Crippen LogP contribution in [0, 0.1) is 11.3 Å². The Bertz CT molecular complexity index is 812. The summed E-state index contributed by atoms with van der Waals surface area (Å²) in [7, 11) is 0. The van der Waals surface area contributed by atoms with Crippen molar-refractivity contribution in [3.63, 3.8) is 0 Å². The zero-order chi connectivity index (χ0) is 22.4. The number of hydrogen-bond donors (Lipinski definition) is 2. The van der Waals surface area contributed by atoms with E-state index in [2.05, 4.69) is 37.5 Å². The maximum atomic E-state index is 12.4. The lowest BCUT2D eigenvalue weighted by Gasteiger charge is -2.32. The molecule has 0 heterocycles. The van der Waals surface area contributed by atoms with Crippen molar-refractivity contribution in [2.75, 3.05) is 6.54 Å². The predicted molar refractivity (Wildman–Crippen MR) is 113 cm³/mol. The van der Waals surface area contributed by atoms with Gasteiger partial charge in [0.25, 0.3) is 11.8 Å². The first-order chi connectivity index (χ1) is 14.1. The van der Waals surface area contributed by atoms with E-state index in [1.165, 1.54) is 6.92 Å². The number of carbonyl (C=O) groups excluding carboxylic acids is 3. The highest BCUT2D eigenvalue weighted by Crippen LogP contribution is 2.27. The molecule has 2 rings (SSSR count). The lowest BCUT2D eigenvalue weighted by atomic mass is 9.83. The van der Waals surface area contributed by atoms with Crippen LogP contribution in [0.3, 0.4) is 0 Å². The molecule has 0 bridgehead atoms. The van der Waals surface area contributed by atoms with Crippen LogP contribution in [-0.4, -0.2) is 36.0 Å². The van der Waals surface area contributed by atoms with Gasteiger partial charge in [-0.15, -0.1) is 0 Å². The van der Waals surface area contributed by atoms with Gasteiger partial charge in [0, 0.05) is 5.56 Å². The van der Waals surface area contributed by atoms with E-state index in [1.54, 1.807) is 12.1 Å². The van der Waals surface area contributed by atoms with Crippen molar-refractivity contribution < 1.29 is 19.1 Å². The van der Waals surface area contributed by atoms with E-state index < -0.39 is 29.4 Å². The number of nitrogens with one attached hydrogen (secondary N) is 2. The van der Waals surface area contributed by atoms with Crippen LogP contribution in [0.5, 0.6) is 0 Å². The van der Waals surface area contributed by atoms with Gasteiger partial charge in [0.15, 0.2) is 6.10 Å². The Balaban J connectivity index is 1.82. The van der Waals surface area contributed by atoms with Gasteiger partial charge >= 0.3 is 5.97 Å². The summed E-state index contributed by atoms with van der Waals surface area (Å²) in [4.78, 5) is 36.6. The molecule has 0 aliphatic heterocycles. The molecule has 0 spiro atoms. The number of ether oxygens (including phenoxy) is 1. The quantitative estimate of drug-likeness (QED) is 0.697. The fraction of sp³-hybridized carbons (Fsp3) is 0.565. The van der Waals surface area contributed by atoms with Gasteiger partial charge in [-0.1, -0.05) is 52.2 Å². The molecule has 0 saturated heterocycles. The van der Waals surface area contributed by atoms with Gasteiger partial charge in [0.2, 0.25) is 0 Å². The first-order valence-electron chi connectivity index (χ1n) is 10.4. The minimum atomic E-state index is -1.05. The normalized spacial score (nSPS) is 16.6. The fourth-order valence-corrected chi connectivity index (χ4v) is 3.43. The molecule has 1 fully saturated rings. The van der Waals surface area contributed by atoms with E-state index in [1.807, 2.05) is 12.1 Å². The van der Waals surface area contributed by atoms with Crippen molar-refractivity contribution in [3.05, 3.63) is 35.4 Å². The Kier molecular flexibility index (Phi) is 7.60. The molecule has 2 amide bonds. The van der Waals surface area contributed by atoms with Crippen LogP contribution in [0.15, 0.2) is 24.3 Å². The van der Waals surface area contributed by atoms with Gasteiger partial charge in [-0.25, -0.2) is 0 Å². The number of benzene rings is 1. The zero-order valence-corrected chi connectivity index (χ0v) is 18.2. The summed E-state index contributed by atoms with van der Waals surface area (Å²) in [5, 5.41) is 14.7. The Hall–Kier alpha value is -2.88. The first-order valence-corrected chi connectivity index (χ1v) is 10.4. The highest BCUT2D eigenvalue weighted by Gasteiger charge is 2.35. The molecule has 1 aromatic carbocycles. The summed E-state index contributed by atoms with van der Waals surface area (Å²) >= 11 is 0. The minimum Gasteiger partial charge on any atom is -0.451 e. The summed E-state index contributed by atoms with van der Waals surface area (Å²) in [5.74, 6) is -1.61. The van der Waals surface area contributed by atoms with Crippen molar-refractivity contribution in [1.82, 2.24) is 10.6 Å². The molecule has 1 aromatic rings. The summed E-state index contributed by atoms with van der Waals surface area (Å²) in [6.07, 6.45) is 2.95. The molecule has 7 nitrogen and oxygen atoms in total. The van der Waals surface area contributed by atoms with Crippen LogP contribution in [0.4, 0.5) is 0 Å². The van der Waals surface area contributed by atoms with Crippen molar-refractivity contribution >= 4 is 17.8 Å². The van der Waals surface area contributed by atoms with E-state index >= 15 is 0 Å². The molecule has 1 aliphatic rings. The molecule has 0 aromatic heterocycles. The van der Waals surface area contributed by atoms with E-state index in [0.717, 1.165) is 24.8 Å². The lowest BCUT2D eigenvalue weighted by Crippen LogP contribution is -2.52.